The van der Waals surface area contributed by atoms with Crippen LogP contribution in [0.4, 0.5) is 4.39 Å². The molecule has 0 aromatic heterocycles. The summed E-state index contributed by atoms with van der Waals surface area (Å²) in [6.45, 7) is 0. The molecule has 1 heterocycles. The second kappa shape index (κ2) is 1.82. The van der Waals surface area contributed by atoms with Crippen LogP contribution in [0.25, 0.3) is 0 Å². The highest BCUT2D eigenvalue weighted by Gasteiger charge is 1.96. The van der Waals surface area contributed by atoms with Crippen molar-refractivity contribution in [3.05, 3.63) is 24.2 Å². The van der Waals surface area contributed by atoms with Crippen LogP contribution in [0.2, 0.25) is 0 Å². The number of halogens is 1. The Morgan fingerprint density at radius 3 is 2.86 bits per heavy atom. The first-order chi connectivity index (χ1) is 3.39. The summed E-state index contributed by atoms with van der Waals surface area (Å²) in [5, 5.41) is 0. The van der Waals surface area contributed by atoms with Crippen molar-refractivity contribution in [2.75, 3.05) is 0 Å². The molecule has 0 radical (unpaired) electrons. The van der Waals surface area contributed by atoms with Crippen LogP contribution in [0.5, 0.6) is 0 Å². The van der Waals surface area contributed by atoms with Gasteiger partial charge in [-0.15, -0.1) is 0 Å². The van der Waals surface area contributed by atoms with Gasteiger partial charge >= 0.3 is 0 Å². The standard InChI is InChI=1S/C4H4BFO/c6-4-3-7-2-1-5-4/h1-3,5H. The van der Waals surface area contributed by atoms with Gasteiger partial charge in [0.1, 0.15) is 6.26 Å². The molecule has 36 valence electrons. The third kappa shape index (κ3) is 1.07. The molecule has 0 fully saturated rings. The zero-order valence-corrected chi connectivity index (χ0v) is 3.73. The molecule has 0 unspecified atom stereocenters. The molecule has 0 aromatic rings. The lowest BCUT2D eigenvalue weighted by Gasteiger charge is -1.95. The van der Waals surface area contributed by atoms with Crippen LogP contribution in [0, 0.1) is 0 Å². The molecule has 1 aliphatic heterocycles. The summed E-state index contributed by atoms with van der Waals surface area (Å²) in [6, 6.07) is 0. The van der Waals surface area contributed by atoms with Crippen molar-refractivity contribution in [1.82, 2.24) is 0 Å². The van der Waals surface area contributed by atoms with Crippen LogP contribution >= 0.6 is 0 Å². The van der Waals surface area contributed by atoms with Crippen LogP contribution in [-0.4, -0.2) is 7.28 Å². The lowest BCUT2D eigenvalue weighted by molar-refractivity contribution is 0.386. The van der Waals surface area contributed by atoms with E-state index in [2.05, 4.69) is 4.74 Å². The number of ether oxygens (including phenoxy) is 1. The smallest absolute Gasteiger partial charge is 0.228 e. The Balaban J connectivity index is 2.50. The van der Waals surface area contributed by atoms with Gasteiger partial charge in [-0.1, -0.05) is 5.98 Å². The summed E-state index contributed by atoms with van der Waals surface area (Å²) in [7, 11) is 0.375. The minimum Gasteiger partial charge on any atom is -0.472 e. The first-order valence-electron chi connectivity index (χ1n) is 2.04. The van der Waals surface area contributed by atoms with Crippen molar-refractivity contribution in [3.63, 3.8) is 0 Å². The molecule has 7 heavy (non-hydrogen) atoms. The first kappa shape index (κ1) is 4.43. The van der Waals surface area contributed by atoms with Crippen LogP contribution in [0.15, 0.2) is 24.2 Å². The Hall–Kier alpha value is -0.725. The van der Waals surface area contributed by atoms with Crippen molar-refractivity contribution >= 4 is 7.28 Å². The number of hydrogen-bond acceptors (Lipinski definition) is 1. The van der Waals surface area contributed by atoms with Gasteiger partial charge in [0.25, 0.3) is 0 Å². The van der Waals surface area contributed by atoms with Crippen molar-refractivity contribution in [2.24, 2.45) is 0 Å². The molecule has 0 saturated carbocycles. The molecule has 0 aliphatic carbocycles. The summed E-state index contributed by atoms with van der Waals surface area (Å²) in [4.78, 5) is 0. The van der Waals surface area contributed by atoms with E-state index in [1.54, 1.807) is 5.98 Å². The van der Waals surface area contributed by atoms with E-state index in [9.17, 15) is 4.39 Å². The van der Waals surface area contributed by atoms with Gasteiger partial charge in [-0.25, -0.2) is 4.39 Å². The summed E-state index contributed by atoms with van der Waals surface area (Å²) in [5.41, 5.74) is -0.220. The summed E-state index contributed by atoms with van der Waals surface area (Å²) < 4.78 is 16.3. The van der Waals surface area contributed by atoms with Crippen molar-refractivity contribution in [1.29, 1.82) is 0 Å². The van der Waals surface area contributed by atoms with Gasteiger partial charge in [0.05, 0.1) is 12.0 Å². The molecule has 1 rings (SSSR count). The van der Waals surface area contributed by atoms with Gasteiger partial charge in [-0.3, -0.25) is 0 Å². The molecule has 3 heteroatoms. The van der Waals surface area contributed by atoms with Gasteiger partial charge in [-0.2, -0.15) is 0 Å². The Labute approximate surface area is 41.7 Å². The van der Waals surface area contributed by atoms with Gasteiger partial charge in [0.2, 0.25) is 7.28 Å². The van der Waals surface area contributed by atoms with E-state index in [1.807, 2.05) is 0 Å². The zero-order valence-electron chi connectivity index (χ0n) is 3.73. The predicted molar refractivity (Wildman–Crippen MR) is 26.6 cm³/mol. The van der Waals surface area contributed by atoms with E-state index < -0.39 is 0 Å². The average Bonchev–Trinajstić information content (AvgIpc) is 1.69. The Bertz CT molecular complexity index is 119. The fraction of sp³-hybridized carbons (Fsp3) is 0. The number of hydrogen-bond donors (Lipinski definition) is 0. The van der Waals surface area contributed by atoms with Crippen LogP contribution in [-0.2, 0) is 4.74 Å². The minimum atomic E-state index is -0.220. The monoisotopic (exact) mass is 98.0 g/mol. The minimum absolute atomic E-state index is 0.220. The van der Waals surface area contributed by atoms with Gasteiger partial charge < -0.3 is 4.74 Å². The summed E-state index contributed by atoms with van der Waals surface area (Å²) in [5.74, 6) is 1.62. The highest BCUT2D eigenvalue weighted by atomic mass is 19.1. The van der Waals surface area contributed by atoms with Crippen LogP contribution in [0.1, 0.15) is 0 Å². The topological polar surface area (TPSA) is 9.23 Å². The largest absolute Gasteiger partial charge is 0.472 e. The maximum atomic E-state index is 11.9. The molecule has 1 nitrogen and oxygen atoms in total. The maximum absolute atomic E-state index is 11.9. The van der Waals surface area contributed by atoms with E-state index >= 15 is 0 Å². The molecular formula is C4H4BFO. The van der Waals surface area contributed by atoms with Crippen molar-refractivity contribution in [2.45, 2.75) is 0 Å². The highest BCUT2D eigenvalue weighted by molar-refractivity contribution is 6.50. The third-order valence-corrected chi connectivity index (χ3v) is 0.684. The normalized spacial score (nSPS) is 17.0. The van der Waals surface area contributed by atoms with E-state index in [-0.39, 0.29) is 5.73 Å². The van der Waals surface area contributed by atoms with E-state index in [0.717, 1.165) is 6.26 Å². The van der Waals surface area contributed by atoms with Crippen molar-refractivity contribution in [3.8, 4) is 0 Å². The van der Waals surface area contributed by atoms with E-state index in [0.29, 0.717) is 7.28 Å². The Kier molecular flexibility index (Phi) is 1.15. The first-order valence-corrected chi connectivity index (χ1v) is 2.04. The molecule has 0 aromatic carbocycles. The van der Waals surface area contributed by atoms with E-state index in [4.69, 9.17) is 0 Å². The fourth-order valence-electron chi connectivity index (χ4n) is 0.377. The maximum Gasteiger partial charge on any atom is 0.228 e. The Morgan fingerprint density at radius 1 is 1.71 bits per heavy atom. The second-order valence-electron chi connectivity index (χ2n) is 1.28. The molecule has 0 saturated heterocycles. The molecule has 1 aliphatic rings. The summed E-state index contributed by atoms with van der Waals surface area (Å²) in [6.07, 6.45) is 2.56. The van der Waals surface area contributed by atoms with Gasteiger partial charge in [0.15, 0.2) is 0 Å². The zero-order chi connectivity index (χ0) is 5.11. The Morgan fingerprint density at radius 2 is 2.57 bits per heavy atom. The lowest BCUT2D eigenvalue weighted by atomic mass is 9.77. The molecular weight excluding hydrogens is 93.9 g/mol. The SMILES string of the molecule is FC1=COC=CB1. The van der Waals surface area contributed by atoms with E-state index in [1.165, 1.54) is 6.26 Å². The van der Waals surface area contributed by atoms with Gasteiger partial charge in [0, 0.05) is 0 Å². The molecule has 0 N–H and O–H groups in total. The average molecular weight is 97.9 g/mol. The third-order valence-electron chi connectivity index (χ3n) is 0.684. The fourth-order valence-corrected chi connectivity index (χ4v) is 0.377. The quantitative estimate of drug-likeness (QED) is 0.405. The van der Waals surface area contributed by atoms with Crippen LogP contribution < -0.4 is 0 Å². The molecule has 0 bridgehead atoms. The van der Waals surface area contributed by atoms with Crippen molar-refractivity contribution < 1.29 is 9.13 Å². The van der Waals surface area contributed by atoms with Crippen LogP contribution in [0.3, 0.4) is 0 Å². The summed E-state index contributed by atoms with van der Waals surface area (Å²) >= 11 is 0. The second-order valence-corrected chi connectivity index (χ2v) is 1.28. The lowest BCUT2D eigenvalue weighted by Crippen LogP contribution is -1.91. The van der Waals surface area contributed by atoms with Gasteiger partial charge in [-0.05, 0) is 0 Å². The highest BCUT2D eigenvalue weighted by Crippen LogP contribution is 1.99. The number of rotatable bonds is 0. The predicted octanol–water partition coefficient (Wildman–Crippen LogP) is 0.693. The molecule has 0 atom stereocenters. The molecule has 0 spiro atoms. The molecule has 0 amide bonds.